The summed E-state index contributed by atoms with van der Waals surface area (Å²) in [5.74, 6) is 0.298. The maximum absolute atomic E-state index is 12.7. The molecule has 1 aliphatic carbocycles. The van der Waals surface area contributed by atoms with Crippen LogP contribution in [0.25, 0.3) is 0 Å². The van der Waals surface area contributed by atoms with E-state index >= 15 is 0 Å². The lowest BCUT2D eigenvalue weighted by molar-refractivity contribution is -0.134. The van der Waals surface area contributed by atoms with Crippen molar-refractivity contribution in [3.63, 3.8) is 0 Å². The highest BCUT2D eigenvalue weighted by Gasteiger charge is 2.34. The van der Waals surface area contributed by atoms with Crippen molar-refractivity contribution in [2.75, 3.05) is 18.0 Å². The third-order valence-electron chi connectivity index (χ3n) is 4.86. The molecule has 1 saturated carbocycles. The van der Waals surface area contributed by atoms with E-state index in [4.69, 9.17) is 0 Å². The molecule has 0 atom stereocenters. The maximum atomic E-state index is 12.7. The van der Waals surface area contributed by atoms with Gasteiger partial charge in [0.05, 0.1) is 6.20 Å². The molecule has 1 aromatic heterocycles. The van der Waals surface area contributed by atoms with Crippen LogP contribution in [0.5, 0.6) is 0 Å². The molecule has 134 valence electrons. The number of nitrogens with zero attached hydrogens (tertiary/aromatic N) is 2. The van der Waals surface area contributed by atoms with Gasteiger partial charge in [0.25, 0.3) is 0 Å². The number of halogens is 3. The van der Waals surface area contributed by atoms with E-state index in [0.29, 0.717) is 29.6 Å². The third-order valence-corrected chi connectivity index (χ3v) is 5.96. The van der Waals surface area contributed by atoms with Crippen LogP contribution in [0.15, 0.2) is 6.20 Å². The van der Waals surface area contributed by atoms with Crippen molar-refractivity contribution in [3.8, 4) is 0 Å². The number of thiazole rings is 1. The van der Waals surface area contributed by atoms with Crippen LogP contribution in [0.2, 0.25) is 0 Å². The number of carbonyl (C=O) groups is 1. The second-order valence-corrected chi connectivity index (χ2v) is 7.62. The Morgan fingerprint density at radius 1 is 1.17 bits per heavy atom. The fourth-order valence-corrected chi connectivity index (χ4v) is 4.28. The van der Waals surface area contributed by atoms with E-state index in [0.717, 1.165) is 44.7 Å². The summed E-state index contributed by atoms with van der Waals surface area (Å²) in [4.78, 5) is 17.4. The van der Waals surface area contributed by atoms with E-state index in [1.165, 1.54) is 6.42 Å². The second-order valence-electron chi connectivity index (χ2n) is 6.61. The van der Waals surface area contributed by atoms with Crippen LogP contribution < -0.4 is 10.2 Å². The van der Waals surface area contributed by atoms with Gasteiger partial charge in [-0.2, -0.15) is 13.2 Å². The van der Waals surface area contributed by atoms with E-state index in [-0.39, 0.29) is 17.9 Å². The molecule has 4 nitrogen and oxygen atoms in total. The lowest BCUT2D eigenvalue weighted by atomic mass is 9.88. The first kappa shape index (κ1) is 17.5. The molecule has 8 heteroatoms. The van der Waals surface area contributed by atoms with Gasteiger partial charge in [0.1, 0.15) is 4.88 Å². The Kier molecular flexibility index (Phi) is 5.32. The predicted octanol–water partition coefficient (Wildman–Crippen LogP) is 3.83. The summed E-state index contributed by atoms with van der Waals surface area (Å²) in [7, 11) is 0. The average molecular weight is 361 g/mol. The number of piperidine rings is 1. The SMILES string of the molecule is O=C(NC1CCN(c2ncc(C(F)(F)F)s2)CC1)C1CCCCC1. The number of alkyl halides is 3. The molecule has 1 amide bonds. The smallest absolute Gasteiger partial charge is 0.353 e. The van der Waals surface area contributed by atoms with Gasteiger partial charge in [0, 0.05) is 25.0 Å². The Balaban J connectivity index is 1.48. The van der Waals surface area contributed by atoms with Crippen molar-refractivity contribution in [1.82, 2.24) is 10.3 Å². The van der Waals surface area contributed by atoms with Crippen LogP contribution in [0.1, 0.15) is 49.8 Å². The van der Waals surface area contributed by atoms with Crippen LogP contribution in [0.3, 0.4) is 0 Å². The Morgan fingerprint density at radius 2 is 1.83 bits per heavy atom. The lowest BCUT2D eigenvalue weighted by Gasteiger charge is -2.33. The van der Waals surface area contributed by atoms with E-state index in [2.05, 4.69) is 10.3 Å². The molecule has 0 spiro atoms. The third kappa shape index (κ3) is 4.20. The zero-order valence-corrected chi connectivity index (χ0v) is 14.3. The first-order valence-corrected chi connectivity index (χ1v) is 9.33. The number of anilines is 1. The number of nitrogens with one attached hydrogen (secondary N) is 1. The van der Waals surface area contributed by atoms with Crippen molar-refractivity contribution in [3.05, 3.63) is 11.1 Å². The lowest BCUT2D eigenvalue weighted by Crippen LogP contribution is -2.46. The van der Waals surface area contributed by atoms with Crippen LogP contribution in [-0.2, 0) is 11.0 Å². The van der Waals surface area contributed by atoms with E-state index in [1.54, 1.807) is 0 Å². The predicted molar refractivity (Wildman–Crippen MR) is 87.1 cm³/mol. The van der Waals surface area contributed by atoms with Crippen LogP contribution >= 0.6 is 11.3 Å². The van der Waals surface area contributed by atoms with Crippen LogP contribution in [0.4, 0.5) is 18.3 Å². The quantitative estimate of drug-likeness (QED) is 0.890. The summed E-state index contributed by atoms with van der Waals surface area (Å²) in [6, 6.07) is 0.123. The Morgan fingerprint density at radius 3 is 2.42 bits per heavy atom. The number of amides is 1. The highest BCUT2D eigenvalue weighted by molar-refractivity contribution is 7.15. The van der Waals surface area contributed by atoms with Gasteiger partial charge in [-0.25, -0.2) is 4.98 Å². The fraction of sp³-hybridized carbons (Fsp3) is 0.750. The molecule has 0 radical (unpaired) electrons. The molecule has 1 N–H and O–H groups in total. The normalized spacial score (nSPS) is 21.0. The Bertz CT molecular complexity index is 561. The fourth-order valence-electron chi connectivity index (χ4n) is 3.44. The summed E-state index contributed by atoms with van der Waals surface area (Å²) >= 11 is 0.687. The van der Waals surface area contributed by atoms with Crippen molar-refractivity contribution < 1.29 is 18.0 Å². The first-order chi connectivity index (χ1) is 11.4. The summed E-state index contributed by atoms with van der Waals surface area (Å²) in [5.41, 5.74) is 0. The van der Waals surface area contributed by atoms with Crippen LogP contribution in [-0.4, -0.2) is 30.0 Å². The molecule has 24 heavy (non-hydrogen) atoms. The van der Waals surface area contributed by atoms with Gasteiger partial charge < -0.3 is 10.2 Å². The molecule has 1 aromatic rings. The van der Waals surface area contributed by atoms with Gasteiger partial charge in [-0.05, 0) is 25.7 Å². The molecule has 0 aromatic carbocycles. The van der Waals surface area contributed by atoms with Gasteiger partial charge in [-0.3, -0.25) is 4.79 Å². The number of rotatable bonds is 3. The monoisotopic (exact) mass is 361 g/mol. The standard InChI is InChI=1S/C16H22F3N3OS/c17-16(18,19)13-10-20-15(24-13)22-8-6-12(7-9-22)21-14(23)11-4-2-1-3-5-11/h10-12H,1-9H2,(H,21,23). The molecule has 0 bridgehead atoms. The summed E-state index contributed by atoms with van der Waals surface area (Å²) in [6.45, 7) is 1.25. The topological polar surface area (TPSA) is 45.2 Å². The summed E-state index contributed by atoms with van der Waals surface area (Å²) in [5, 5.41) is 3.54. The number of carbonyl (C=O) groups excluding carboxylic acids is 1. The van der Waals surface area contributed by atoms with Crippen molar-refractivity contribution in [2.24, 2.45) is 5.92 Å². The van der Waals surface area contributed by atoms with E-state index < -0.39 is 11.1 Å². The number of hydrogen-bond acceptors (Lipinski definition) is 4. The molecule has 2 fully saturated rings. The van der Waals surface area contributed by atoms with Gasteiger partial charge in [-0.1, -0.05) is 30.6 Å². The van der Waals surface area contributed by atoms with E-state index in [1.807, 2.05) is 4.90 Å². The van der Waals surface area contributed by atoms with E-state index in [9.17, 15) is 18.0 Å². The Labute approximate surface area is 143 Å². The number of hydrogen-bond donors (Lipinski definition) is 1. The molecular weight excluding hydrogens is 339 g/mol. The van der Waals surface area contributed by atoms with Gasteiger partial charge >= 0.3 is 6.18 Å². The Hall–Kier alpha value is -1.31. The van der Waals surface area contributed by atoms with Gasteiger partial charge in [-0.15, -0.1) is 0 Å². The highest BCUT2D eigenvalue weighted by atomic mass is 32.1. The average Bonchev–Trinajstić information content (AvgIpc) is 3.07. The van der Waals surface area contributed by atoms with Crippen molar-refractivity contribution in [1.29, 1.82) is 0 Å². The zero-order valence-electron chi connectivity index (χ0n) is 13.4. The van der Waals surface area contributed by atoms with Gasteiger partial charge in [0.2, 0.25) is 5.91 Å². The first-order valence-electron chi connectivity index (χ1n) is 8.52. The number of aromatic nitrogens is 1. The molecular formula is C16H22F3N3OS. The minimum absolute atomic E-state index is 0.123. The molecule has 1 saturated heterocycles. The molecule has 2 heterocycles. The van der Waals surface area contributed by atoms with Crippen molar-refractivity contribution in [2.45, 2.75) is 57.2 Å². The molecule has 3 rings (SSSR count). The largest absolute Gasteiger partial charge is 0.427 e. The maximum Gasteiger partial charge on any atom is 0.427 e. The van der Waals surface area contributed by atoms with Crippen molar-refractivity contribution >= 4 is 22.4 Å². The minimum Gasteiger partial charge on any atom is -0.353 e. The zero-order chi connectivity index (χ0) is 17.2. The minimum atomic E-state index is -4.33. The summed E-state index contributed by atoms with van der Waals surface area (Å²) in [6.07, 6.45) is 3.49. The highest BCUT2D eigenvalue weighted by Crippen LogP contribution is 2.37. The molecule has 1 aliphatic heterocycles. The molecule has 0 unspecified atom stereocenters. The molecule has 2 aliphatic rings. The van der Waals surface area contributed by atoms with Gasteiger partial charge in [0.15, 0.2) is 5.13 Å². The summed E-state index contributed by atoms with van der Waals surface area (Å²) < 4.78 is 38.0. The van der Waals surface area contributed by atoms with Crippen LogP contribution in [0, 0.1) is 5.92 Å². The second kappa shape index (κ2) is 7.29.